The van der Waals surface area contributed by atoms with E-state index < -0.39 is 10.0 Å². The van der Waals surface area contributed by atoms with Crippen molar-refractivity contribution in [2.24, 2.45) is 5.73 Å². The summed E-state index contributed by atoms with van der Waals surface area (Å²) in [5.74, 6) is 0.579. The van der Waals surface area contributed by atoms with E-state index in [2.05, 4.69) is 0 Å². The smallest absolute Gasteiger partial charge is 0.243 e. The van der Waals surface area contributed by atoms with Crippen molar-refractivity contribution in [2.45, 2.75) is 11.4 Å². The number of benzene rings is 1. The highest BCUT2D eigenvalue weighted by atomic mass is 32.2. The highest BCUT2D eigenvalue weighted by Crippen LogP contribution is 2.17. The Morgan fingerprint density at radius 1 is 1.30 bits per heavy atom. The second-order valence-corrected chi connectivity index (χ2v) is 6.71. The third-order valence-corrected chi connectivity index (χ3v) is 4.86. The molecule has 20 heavy (non-hydrogen) atoms. The zero-order valence-corrected chi connectivity index (χ0v) is 12.4. The van der Waals surface area contributed by atoms with Gasteiger partial charge in [-0.05, 0) is 24.3 Å². The van der Waals surface area contributed by atoms with Gasteiger partial charge in [-0.2, -0.15) is 4.31 Å². The van der Waals surface area contributed by atoms with E-state index in [0.29, 0.717) is 11.3 Å². The topological polar surface area (TPSA) is 76.5 Å². The van der Waals surface area contributed by atoms with Gasteiger partial charge in [-0.3, -0.25) is 0 Å². The van der Waals surface area contributed by atoms with Crippen LogP contribution in [-0.2, 0) is 16.6 Å². The Morgan fingerprint density at radius 3 is 2.45 bits per heavy atom. The van der Waals surface area contributed by atoms with Crippen LogP contribution in [0, 0.1) is 0 Å². The molecule has 2 N–H and O–H groups in total. The first kappa shape index (κ1) is 14.7. The van der Waals surface area contributed by atoms with E-state index in [0.717, 1.165) is 0 Å². The van der Waals surface area contributed by atoms with Crippen LogP contribution in [0.2, 0.25) is 0 Å². The van der Waals surface area contributed by atoms with E-state index in [4.69, 9.17) is 22.4 Å². The third-order valence-electron chi connectivity index (χ3n) is 2.81. The van der Waals surface area contributed by atoms with Crippen LogP contribution >= 0.6 is 12.2 Å². The number of sulfonamides is 1. The molecule has 2 aromatic rings. The molecule has 0 fully saturated rings. The molecule has 0 aliphatic carbocycles. The molecule has 0 spiro atoms. The Kier molecular flexibility index (Phi) is 4.22. The first-order valence-electron chi connectivity index (χ1n) is 5.80. The van der Waals surface area contributed by atoms with E-state index in [-0.39, 0.29) is 16.4 Å². The molecule has 2 rings (SSSR count). The highest BCUT2D eigenvalue weighted by Gasteiger charge is 2.21. The molecule has 106 valence electrons. The van der Waals surface area contributed by atoms with Crippen LogP contribution in [0.15, 0.2) is 52.0 Å². The summed E-state index contributed by atoms with van der Waals surface area (Å²) in [5.41, 5.74) is 6.11. The lowest BCUT2D eigenvalue weighted by molar-refractivity contribution is 0.406. The van der Waals surface area contributed by atoms with Gasteiger partial charge in [0.05, 0.1) is 17.7 Å². The van der Waals surface area contributed by atoms with Crippen molar-refractivity contribution in [2.75, 3.05) is 7.05 Å². The van der Waals surface area contributed by atoms with Crippen LogP contribution in [-0.4, -0.2) is 24.8 Å². The number of furan rings is 1. The Balaban J connectivity index is 2.23. The van der Waals surface area contributed by atoms with Gasteiger partial charge < -0.3 is 10.2 Å². The molecule has 0 saturated heterocycles. The summed E-state index contributed by atoms with van der Waals surface area (Å²) in [6.07, 6.45) is 1.51. The molecule has 0 saturated carbocycles. The molecular formula is C13H14N2O3S2. The zero-order valence-electron chi connectivity index (χ0n) is 10.8. The molecule has 0 unspecified atom stereocenters. The van der Waals surface area contributed by atoms with Crippen molar-refractivity contribution in [1.82, 2.24) is 4.31 Å². The molecule has 0 aliphatic heterocycles. The van der Waals surface area contributed by atoms with Crippen molar-refractivity contribution >= 4 is 27.2 Å². The van der Waals surface area contributed by atoms with Gasteiger partial charge in [-0.1, -0.05) is 24.4 Å². The summed E-state index contributed by atoms with van der Waals surface area (Å²) in [6, 6.07) is 9.60. The molecule has 0 aliphatic rings. The highest BCUT2D eigenvalue weighted by molar-refractivity contribution is 7.89. The minimum absolute atomic E-state index is 0.173. The summed E-state index contributed by atoms with van der Waals surface area (Å²) >= 11 is 4.83. The van der Waals surface area contributed by atoms with Gasteiger partial charge in [-0.15, -0.1) is 0 Å². The van der Waals surface area contributed by atoms with Crippen LogP contribution in [0.3, 0.4) is 0 Å². The summed E-state index contributed by atoms with van der Waals surface area (Å²) in [4.78, 5) is 0.421. The Morgan fingerprint density at radius 2 is 1.95 bits per heavy atom. The normalized spacial score (nSPS) is 11.7. The minimum Gasteiger partial charge on any atom is -0.468 e. The number of nitrogens with zero attached hydrogens (tertiary/aromatic N) is 1. The van der Waals surface area contributed by atoms with Crippen molar-refractivity contribution < 1.29 is 12.8 Å². The van der Waals surface area contributed by atoms with Crippen molar-refractivity contribution in [3.05, 3.63) is 54.0 Å². The quantitative estimate of drug-likeness (QED) is 0.851. The van der Waals surface area contributed by atoms with Gasteiger partial charge >= 0.3 is 0 Å². The van der Waals surface area contributed by atoms with E-state index in [1.165, 1.54) is 29.7 Å². The molecule has 7 heteroatoms. The van der Waals surface area contributed by atoms with Crippen LogP contribution in [0.4, 0.5) is 0 Å². The van der Waals surface area contributed by atoms with E-state index in [9.17, 15) is 8.42 Å². The molecule has 0 amide bonds. The first-order valence-corrected chi connectivity index (χ1v) is 7.64. The molecular weight excluding hydrogens is 296 g/mol. The van der Waals surface area contributed by atoms with Crippen LogP contribution < -0.4 is 5.73 Å². The fraction of sp³-hybridized carbons (Fsp3) is 0.154. The number of rotatable bonds is 5. The minimum atomic E-state index is -3.57. The van der Waals surface area contributed by atoms with Crippen molar-refractivity contribution in [1.29, 1.82) is 0 Å². The largest absolute Gasteiger partial charge is 0.468 e. The van der Waals surface area contributed by atoms with Gasteiger partial charge in [0.2, 0.25) is 10.0 Å². The zero-order chi connectivity index (χ0) is 14.8. The average Bonchev–Trinajstić information content (AvgIpc) is 2.91. The number of hydrogen-bond acceptors (Lipinski definition) is 4. The number of hydrogen-bond donors (Lipinski definition) is 1. The third kappa shape index (κ3) is 3.06. The maximum atomic E-state index is 12.4. The molecule has 0 bridgehead atoms. The lowest BCUT2D eigenvalue weighted by Crippen LogP contribution is -2.26. The SMILES string of the molecule is CN(Cc1ccco1)S(=O)(=O)c1ccc(C(N)=S)cc1. The molecule has 1 aromatic heterocycles. The second-order valence-electron chi connectivity index (χ2n) is 4.23. The van der Waals surface area contributed by atoms with Crippen molar-refractivity contribution in [3.63, 3.8) is 0 Å². The van der Waals surface area contributed by atoms with E-state index in [1.54, 1.807) is 24.3 Å². The van der Waals surface area contributed by atoms with Crippen LogP contribution in [0.25, 0.3) is 0 Å². The van der Waals surface area contributed by atoms with Crippen molar-refractivity contribution in [3.8, 4) is 0 Å². The van der Waals surface area contributed by atoms with Gasteiger partial charge in [0, 0.05) is 12.6 Å². The first-order chi connectivity index (χ1) is 9.41. The molecule has 1 heterocycles. The van der Waals surface area contributed by atoms with Gasteiger partial charge in [-0.25, -0.2) is 8.42 Å². The lowest BCUT2D eigenvalue weighted by Gasteiger charge is -2.16. The maximum absolute atomic E-state index is 12.4. The lowest BCUT2D eigenvalue weighted by atomic mass is 10.2. The van der Waals surface area contributed by atoms with Crippen LogP contribution in [0.5, 0.6) is 0 Å². The van der Waals surface area contributed by atoms with Gasteiger partial charge in [0.25, 0.3) is 0 Å². The van der Waals surface area contributed by atoms with Crippen LogP contribution in [0.1, 0.15) is 11.3 Å². The fourth-order valence-electron chi connectivity index (χ4n) is 1.68. The molecule has 5 nitrogen and oxygen atoms in total. The number of nitrogens with two attached hydrogens (primary N) is 1. The fourth-order valence-corrected chi connectivity index (χ4v) is 2.95. The summed E-state index contributed by atoms with van der Waals surface area (Å²) in [7, 11) is -2.07. The molecule has 1 aromatic carbocycles. The molecule has 0 atom stereocenters. The Hall–Kier alpha value is -1.70. The average molecular weight is 310 g/mol. The van der Waals surface area contributed by atoms with E-state index in [1.807, 2.05) is 0 Å². The Labute approximate surface area is 123 Å². The summed E-state index contributed by atoms with van der Waals surface area (Å²) < 4.78 is 31.1. The summed E-state index contributed by atoms with van der Waals surface area (Å²) in [6.45, 7) is 0.173. The van der Waals surface area contributed by atoms with Gasteiger partial charge in [0.15, 0.2) is 0 Å². The molecule has 0 radical (unpaired) electrons. The monoisotopic (exact) mass is 310 g/mol. The predicted molar refractivity (Wildman–Crippen MR) is 79.7 cm³/mol. The standard InChI is InChI=1S/C13H14N2O3S2/c1-15(9-11-3-2-8-18-11)20(16,17)12-6-4-10(5-7-12)13(14)19/h2-8H,9H2,1H3,(H2,14,19). The Bertz CT molecular complexity index is 692. The number of thiocarbonyl (C=S) groups is 1. The second kappa shape index (κ2) is 5.74. The van der Waals surface area contributed by atoms with E-state index >= 15 is 0 Å². The van der Waals surface area contributed by atoms with Gasteiger partial charge in [0.1, 0.15) is 10.7 Å². The summed E-state index contributed by atoms with van der Waals surface area (Å²) in [5, 5.41) is 0. The predicted octanol–water partition coefficient (Wildman–Crippen LogP) is 1.73. The maximum Gasteiger partial charge on any atom is 0.243 e.